The first-order valence-corrected chi connectivity index (χ1v) is 7.18. The zero-order valence-corrected chi connectivity index (χ0v) is 13.3. The number of hydrogen-bond donors (Lipinski definition) is 1. The maximum atomic E-state index is 5.44. The summed E-state index contributed by atoms with van der Waals surface area (Å²) in [7, 11) is 4.97. The van der Waals surface area contributed by atoms with Crippen LogP contribution < -0.4 is 19.5 Å². The van der Waals surface area contributed by atoms with E-state index in [1.54, 1.807) is 21.3 Å². The molecule has 4 heteroatoms. The molecule has 1 unspecified atom stereocenters. The van der Waals surface area contributed by atoms with Crippen LogP contribution in [0.15, 0.2) is 12.1 Å². The van der Waals surface area contributed by atoms with E-state index in [-0.39, 0.29) is 0 Å². The topological polar surface area (TPSA) is 39.7 Å². The lowest BCUT2D eigenvalue weighted by atomic mass is 10.0. The molecule has 0 spiro atoms. The van der Waals surface area contributed by atoms with Crippen molar-refractivity contribution in [2.24, 2.45) is 0 Å². The Balaban J connectivity index is 2.77. The number of benzene rings is 1. The van der Waals surface area contributed by atoms with Gasteiger partial charge in [0.1, 0.15) is 5.75 Å². The van der Waals surface area contributed by atoms with Crippen molar-refractivity contribution >= 4 is 0 Å². The Bertz CT molecular complexity index is 407. The van der Waals surface area contributed by atoms with Gasteiger partial charge >= 0.3 is 0 Å². The molecule has 0 bridgehead atoms. The van der Waals surface area contributed by atoms with Gasteiger partial charge in [-0.3, -0.25) is 0 Å². The smallest absolute Gasteiger partial charge is 0.164 e. The Labute approximate surface area is 122 Å². The second kappa shape index (κ2) is 8.69. The van der Waals surface area contributed by atoms with Crippen molar-refractivity contribution in [2.45, 2.75) is 39.2 Å². The molecule has 0 aliphatic heterocycles. The highest BCUT2D eigenvalue weighted by molar-refractivity contribution is 5.50. The van der Waals surface area contributed by atoms with Gasteiger partial charge in [-0.25, -0.2) is 0 Å². The molecule has 0 heterocycles. The van der Waals surface area contributed by atoms with Gasteiger partial charge < -0.3 is 19.5 Å². The molecule has 0 aliphatic rings. The molecule has 0 fully saturated rings. The van der Waals surface area contributed by atoms with E-state index in [9.17, 15) is 0 Å². The van der Waals surface area contributed by atoms with Gasteiger partial charge in [0.2, 0.25) is 0 Å². The molecule has 0 saturated carbocycles. The third-order valence-electron chi connectivity index (χ3n) is 3.38. The average molecular weight is 281 g/mol. The van der Waals surface area contributed by atoms with Crippen molar-refractivity contribution < 1.29 is 14.2 Å². The molecule has 20 heavy (non-hydrogen) atoms. The average Bonchev–Trinajstić information content (AvgIpc) is 2.49. The SMILES string of the molecule is CCCNC(C)CCc1cc(OC)c(OC)cc1OC. The lowest BCUT2D eigenvalue weighted by Gasteiger charge is -2.16. The summed E-state index contributed by atoms with van der Waals surface area (Å²) in [6, 6.07) is 4.38. The van der Waals surface area contributed by atoms with E-state index in [1.807, 2.05) is 12.1 Å². The molecular weight excluding hydrogens is 254 g/mol. The van der Waals surface area contributed by atoms with Crippen LogP contribution in [0.3, 0.4) is 0 Å². The summed E-state index contributed by atoms with van der Waals surface area (Å²) < 4.78 is 16.1. The maximum absolute atomic E-state index is 5.44. The fourth-order valence-corrected chi connectivity index (χ4v) is 2.15. The van der Waals surface area contributed by atoms with Crippen LogP contribution in [0.2, 0.25) is 0 Å². The minimum absolute atomic E-state index is 0.493. The number of ether oxygens (including phenoxy) is 3. The second-order valence-electron chi connectivity index (χ2n) is 4.91. The molecule has 0 radical (unpaired) electrons. The van der Waals surface area contributed by atoms with E-state index in [4.69, 9.17) is 14.2 Å². The van der Waals surface area contributed by atoms with Gasteiger partial charge in [0, 0.05) is 12.1 Å². The highest BCUT2D eigenvalue weighted by atomic mass is 16.5. The Morgan fingerprint density at radius 3 is 2.15 bits per heavy atom. The molecule has 1 atom stereocenters. The van der Waals surface area contributed by atoms with Crippen LogP contribution in [0.5, 0.6) is 17.2 Å². The molecule has 114 valence electrons. The number of methoxy groups -OCH3 is 3. The van der Waals surface area contributed by atoms with Gasteiger partial charge in [-0.05, 0) is 44.4 Å². The largest absolute Gasteiger partial charge is 0.496 e. The highest BCUT2D eigenvalue weighted by Gasteiger charge is 2.12. The first-order chi connectivity index (χ1) is 9.65. The summed E-state index contributed by atoms with van der Waals surface area (Å²) in [6.07, 6.45) is 3.16. The van der Waals surface area contributed by atoms with E-state index in [0.717, 1.165) is 42.9 Å². The predicted molar refractivity (Wildman–Crippen MR) is 82.2 cm³/mol. The molecule has 1 aromatic carbocycles. The van der Waals surface area contributed by atoms with Crippen LogP contribution in [0.4, 0.5) is 0 Å². The lowest BCUT2D eigenvalue weighted by molar-refractivity contribution is 0.347. The van der Waals surface area contributed by atoms with Gasteiger partial charge in [-0.1, -0.05) is 6.92 Å². The lowest BCUT2D eigenvalue weighted by Crippen LogP contribution is -2.27. The number of hydrogen-bond acceptors (Lipinski definition) is 4. The quantitative estimate of drug-likeness (QED) is 0.755. The van der Waals surface area contributed by atoms with Crippen molar-refractivity contribution in [1.82, 2.24) is 5.32 Å². The molecule has 0 aromatic heterocycles. The summed E-state index contributed by atoms with van der Waals surface area (Å²) >= 11 is 0. The molecule has 0 aliphatic carbocycles. The van der Waals surface area contributed by atoms with Crippen molar-refractivity contribution in [3.8, 4) is 17.2 Å². The molecular formula is C16H27NO3. The molecule has 0 amide bonds. The van der Waals surface area contributed by atoms with Gasteiger partial charge in [-0.2, -0.15) is 0 Å². The Morgan fingerprint density at radius 1 is 1.00 bits per heavy atom. The van der Waals surface area contributed by atoms with E-state index < -0.39 is 0 Å². The summed E-state index contributed by atoms with van der Waals surface area (Å²) in [5.74, 6) is 2.30. The van der Waals surface area contributed by atoms with Crippen LogP contribution in [0, 0.1) is 0 Å². The fourth-order valence-electron chi connectivity index (χ4n) is 2.15. The maximum Gasteiger partial charge on any atom is 0.164 e. The van der Waals surface area contributed by atoms with Crippen molar-refractivity contribution in [3.63, 3.8) is 0 Å². The zero-order valence-electron chi connectivity index (χ0n) is 13.3. The van der Waals surface area contributed by atoms with E-state index in [2.05, 4.69) is 19.2 Å². The third-order valence-corrected chi connectivity index (χ3v) is 3.38. The zero-order chi connectivity index (χ0) is 15.0. The second-order valence-corrected chi connectivity index (χ2v) is 4.91. The van der Waals surface area contributed by atoms with Crippen LogP contribution >= 0.6 is 0 Å². The summed E-state index contributed by atoms with van der Waals surface area (Å²) in [5, 5.41) is 3.49. The minimum Gasteiger partial charge on any atom is -0.496 e. The summed E-state index contributed by atoms with van der Waals surface area (Å²) in [5.41, 5.74) is 1.15. The van der Waals surface area contributed by atoms with Crippen LogP contribution in [0.1, 0.15) is 32.3 Å². The van der Waals surface area contributed by atoms with Crippen LogP contribution in [0.25, 0.3) is 0 Å². The third kappa shape index (κ3) is 4.60. The Kier molecular flexibility index (Phi) is 7.23. The number of rotatable bonds is 9. The Morgan fingerprint density at radius 2 is 1.60 bits per heavy atom. The first kappa shape index (κ1) is 16.6. The Hall–Kier alpha value is -1.42. The molecule has 1 rings (SSSR count). The standard InChI is InChI=1S/C16H27NO3/c1-6-9-17-12(2)7-8-13-10-15(19-4)16(20-5)11-14(13)18-3/h10-12,17H,6-9H2,1-5H3. The number of nitrogens with one attached hydrogen (secondary N) is 1. The van der Waals surface area contributed by atoms with Gasteiger partial charge in [0.15, 0.2) is 11.5 Å². The van der Waals surface area contributed by atoms with Crippen LogP contribution in [-0.4, -0.2) is 33.9 Å². The molecule has 1 N–H and O–H groups in total. The normalized spacial score (nSPS) is 12.1. The predicted octanol–water partition coefficient (Wildman–Crippen LogP) is 3.03. The van der Waals surface area contributed by atoms with E-state index in [1.165, 1.54) is 0 Å². The van der Waals surface area contributed by atoms with Crippen LogP contribution in [-0.2, 0) is 6.42 Å². The minimum atomic E-state index is 0.493. The summed E-state index contributed by atoms with van der Waals surface area (Å²) in [4.78, 5) is 0. The first-order valence-electron chi connectivity index (χ1n) is 7.18. The highest BCUT2D eigenvalue weighted by Crippen LogP contribution is 2.35. The van der Waals surface area contributed by atoms with E-state index >= 15 is 0 Å². The molecule has 1 aromatic rings. The van der Waals surface area contributed by atoms with E-state index in [0.29, 0.717) is 11.8 Å². The van der Waals surface area contributed by atoms with Gasteiger partial charge in [-0.15, -0.1) is 0 Å². The van der Waals surface area contributed by atoms with Crippen molar-refractivity contribution in [3.05, 3.63) is 17.7 Å². The van der Waals surface area contributed by atoms with Gasteiger partial charge in [0.05, 0.1) is 21.3 Å². The van der Waals surface area contributed by atoms with Gasteiger partial charge in [0.25, 0.3) is 0 Å². The van der Waals surface area contributed by atoms with Crippen molar-refractivity contribution in [2.75, 3.05) is 27.9 Å². The summed E-state index contributed by atoms with van der Waals surface area (Å²) in [6.45, 7) is 5.45. The van der Waals surface area contributed by atoms with Crippen molar-refractivity contribution in [1.29, 1.82) is 0 Å². The fraction of sp³-hybridized carbons (Fsp3) is 0.625. The monoisotopic (exact) mass is 281 g/mol. The number of aryl methyl sites for hydroxylation is 1. The molecule has 0 saturated heterocycles. The molecule has 4 nitrogen and oxygen atoms in total.